The van der Waals surface area contributed by atoms with Crippen LogP contribution in [0.3, 0.4) is 0 Å². The number of hydrogen-bond donors (Lipinski definition) is 0. The zero-order chi connectivity index (χ0) is 11.8. The monoisotopic (exact) mass is 213 g/mol. The molecule has 0 aromatic rings. The third kappa shape index (κ3) is 5.01. The fourth-order valence-electron chi connectivity index (χ4n) is 2.45. The van der Waals surface area contributed by atoms with Gasteiger partial charge in [-0.25, -0.2) is 0 Å². The Morgan fingerprint density at radius 1 is 1.00 bits per heavy atom. The second-order valence-electron chi connectivity index (χ2n) is 5.02. The van der Waals surface area contributed by atoms with Crippen molar-refractivity contribution in [1.29, 1.82) is 0 Å². The van der Waals surface area contributed by atoms with E-state index < -0.39 is 0 Å². The van der Waals surface area contributed by atoms with Crippen LogP contribution in [0.2, 0.25) is 0 Å². The lowest BCUT2D eigenvalue weighted by atomic mass is 9.92. The number of rotatable bonds is 8. The Bertz CT molecular complexity index is 142. The van der Waals surface area contributed by atoms with Crippen LogP contribution in [0.4, 0.5) is 0 Å². The molecule has 0 aliphatic carbocycles. The van der Waals surface area contributed by atoms with Gasteiger partial charge in [-0.05, 0) is 32.7 Å². The van der Waals surface area contributed by atoms with Crippen molar-refractivity contribution >= 4 is 0 Å². The molecule has 0 N–H and O–H groups in total. The first-order chi connectivity index (χ1) is 7.08. The smallest absolute Gasteiger partial charge is 0.0123 e. The molecule has 0 spiro atoms. The van der Waals surface area contributed by atoms with Crippen molar-refractivity contribution in [2.75, 3.05) is 6.54 Å². The summed E-state index contributed by atoms with van der Waals surface area (Å²) in [5, 5.41) is 0. The molecule has 0 heterocycles. The Hall–Kier alpha value is -0.0400. The van der Waals surface area contributed by atoms with Crippen LogP contribution in [-0.2, 0) is 0 Å². The van der Waals surface area contributed by atoms with Gasteiger partial charge < -0.3 is 0 Å². The summed E-state index contributed by atoms with van der Waals surface area (Å²) in [7, 11) is 0. The molecule has 0 saturated heterocycles. The highest BCUT2D eigenvalue weighted by molar-refractivity contribution is 4.78. The lowest BCUT2D eigenvalue weighted by molar-refractivity contribution is 0.107. The minimum absolute atomic E-state index is 0.686. The first-order valence-corrected chi connectivity index (χ1v) is 6.84. The quantitative estimate of drug-likeness (QED) is 0.580. The van der Waals surface area contributed by atoms with E-state index in [1.807, 2.05) is 0 Å². The normalized spacial score (nSPS) is 16.0. The summed E-state index contributed by atoms with van der Waals surface area (Å²) in [6.45, 7) is 15.1. The predicted octanol–water partition coefficient (Wildman–Crippen LogP) is 4.32. The van der Waals surface area contributed by atoms with E-state index >= 15 is 0 Å². The molecule has 0 aliphatic rings. The fourth-order valence-corrected chi connectivity index (χ4v) is 2.45. The summed E-state index contributed by atoms with van der Waals surface area (Å²) in [6, 6.07) is 1.48. The van der Waals surface area contributed by atoms with Crippen LogP contribution in [0.1, 0.15) is 67.2 Å². The van der Waals surface area contributed by atoms with Crippen molar-refractivity contribution in [3.05, 3.63) is 0 Å². The summed E-state index contributed by atoms with van der Waals surface area (Å²) in [5.74, 6) is 0.832. The van der Waals surface area contributed by atoms with Crippen LogP contribution in [0.15, 0.2) is 0 Å². The van der Waals surface area contributed by atoms with Crippen molar-refractivity contribution in [3.8, 4) is 0 Å². The van der Waals surface area contributed by atoms with Gasteiger partial charge in [-0.3, -0.25) is 4.90 Å². The largest absolute Gasteiger partial charge is 0.298 e. The molecule has 0 amide bonds. The molecule has 0 aromatic heterocycles. The van der Waals surface area contributed by atoms with E-state index in [2.05, 4.69) is 46.4 Å². The molecule has 0 bridgehead atoms. The van der Waals surface area contributed by atoms with E-state index in [4.69, 9.17) is 0 Å². The van der Waals surface area contributed by atoms with Crippen LogP contribution < -0.4 is 0 Å². The molecule has 0 radical (unpaired) electrons. The highest BCUT2D eigenvalue weighted by Gasteiger charge is 2.23. The fraction of sp³-hybridized carbons (Fsp3) is 1.00. The van der Waals surface area contributed by atoms with Gasteiger partial charge in [0.05, 0.1) is 0 Å². The van der Waals surface area contributed by atoms with Gasteiger partial charge in [0.15, 0.2) is 0 Å². The Kier molecular flexibility index (Phi) is 8.13. The number of nitrogens with zero attached hydrogens (tertiary/aromatic N) is 1. The maximum Gasteiger partial charge on any atom is 0.0123 e. The summed E-state index contributed by atoms with van der Waals surface area (Å²) in [4.78, 5) is 2.67. The summed E-state index contributed by atoms with van der Waals surface area (Å²) in [5.41, 5.74) is 0. The first-order valence-electron chi connectivity index (χ1n) is 6.84. The van der Waals surface area contributed by atoms with E-state index in [-0.39, 0.29) is 0 Å². The Morgan fingerprint density at radius 2 is 1.60 bits per heavy atom. The Labute approximate surface area is 97.2 Å². The zero-order valence-electron chi connectivity index (χ0n) is 11.7. The van der Waals surface area contributed by atoms with Crippen LogP contribution in [-0.4, -0.2) is 23.5 Å². The van der Waals surface area contributed by atoms with Crippen molar-refractivity contribution in [3.63, 3.8) is 0 Å². The minimum Gasteiger partial charge on any atom is -0.298 e. The van der Waals surface area contributed by atoms with Gasteiger partial charge in [-0.1, -0.05) is 47.0 Å². The SMILES string of the molecule is CCCCC(C(C)CC)N(CC)C(C)C. The Morgan fingerprint density at radius 3 is 1.93 bits per heavy atom. The maximum atomic E-state index is 2.67. The van der Waals surface area contributed by atoms with Crippen molar-refractivity contribution < 1.29 is 0 Å². The average molecular weight is 213 g/mol. The van der Waals surface area contributed by atoms with E-state index in [0.717, 1.165) is 12.0 Å². The molecule has 0 fully saturated rings. The number of unbranched alkanes of at least 4 members (excludes halogenated alkanes) is 1. The predicted molar refractivity (Wildman–Crippen MR) is 70.3 cm³/mol. The zero-order valence-corrected chi connectivity index (χ0v) is 11.7. The molecule has 0 aromatic carbocycles. The maximum absolute atomic E-state index is 2.67. The van der Waals surface area contributed by atoms with E-state index in [0.29, 0.717) is 6.04 Å². The highest BCUT2D eigenvalue weighted by atomic mass is 15.2. The van der Waals surface area contributed by atoms with E-state index in [9.17, 15) is 0 Å². The average Bonchev–Trinajstić information content (AvgIpc) is 2.22. The second kappa shape index (κ2) is 8.15. The molecule has 2 unspecified atom stereocenters. The van der Waals surface area contributed by atoms with Gasteiger partial charge in [0.1, 0.15) is 0 Å². The van der Waals surface area contributed by atoms with Gasteiger partial charge in [-0.15, -0.1) is 0 Å². The molecule has 0 aliphatic heterocycles. The Balaban J connectivity index is 4.42. The van der Waals surface area contributed by atoms with Crippen LogP contribution in [0.5, 0.6) is 0 Å². The van der Waals surface area contributed by atoms with E-state index in [1.165, 1.54) is 32.2 Å². The molecule has 0 saturated carbocycles. The molecule has 1 nitrogen and oxygen atoms in total. The molecule has 92 valence electrons. The molecular formula is C14H31N. The third-order valence-electron chi connectivity index (χ3n) is 3.61. The van der Waals surface area contributed by atoms with Gasteiger partial charge in [0, 0.05) is 12.1 Å². The third-order valence-corrected chi connectivity index (χ3v) is 3.61. The first kappa shape index (κ1) is 15.0. The summed E-state index contributed by atoms with van der Waals surface area (Å²) >= 11 is 0. The van der Waals surface area contributed by atoms with Crippen LogP contribution in [0, 0.1) is 5.92 Å². The summed E-state index contributed by atoms with van der Waals surface area (Å²) in [6.07, 6.45) is 5.37. The standard InChI is InChI=1S/C14H31N/c1-7-10-11-14(13(6)8-2)15(9-3)12(4)5/h12-14H,7-11H2,1-6H3. The minimum atomic E-state index is 0.686. The van der Waals surface area contributed by atoms with Gasteiger partial charge >= 0.3 is 0 Å². The van der Waals surface area contributed by atoms with Crippen molar-refractivity contribution in [2.45, 2.75) is 79.3 Å². The molecule has 1 heteroatoms. The van der Waals surface area contributed by atoms with Crippen molar-refractivity contribution in [2.24, 2.45) is 5.92 Å². The van der Waals surface area contributed by atoms with E-state index in [1.54, 1.807) is 0 Å². The molecule has 0 rings (SSSR count). The second-order valence-corrected chi connectivity index (χ2v) is 5.02. The van der Waals surface area contributed by atoms with Crippen LogP contribution in [0.25, 0.3) is 0 Å². The van der Waals surface area contributed by atoms with Gasteiger partial charge in [-0.2, -0.15) is 0 Å². The molecular weight excluding hydrogens is 182 g/mol. The topological polar surface area (TPSA) is 3.24 Å². The van der Waals surface area contributed by atoms with Crippen molar-refractivity contribution in [1.82, 2.24) is 4.90 Å². The molecule has 2 atom stereocenters. The number of hydrogen-bond acceptors (Lipinski definition) is 1. The highest BCUT2D eigenvalue weighted by Crippen LogP contribution is 2.22. The van der Waals surface area contributed by atoms with Crippen LogP contribution >= 0.6 is 0 Å². The van der Waals surface area contributed by atoms with Gasteiger partial charge in [0.25, 0.3) is 0 Å². The lowest BCUT2D eigenvalue weighted by Crippen LogP contribution is -2.43. The lowest BCUT2D eigenvalue weighted by Gasteiger charge is -2.37. The summed E-state index contributed by atoms with van der Waals surface area (Å²) < 4.78 is 0. The molecule has 15 heavy (non-hydrogen) atoms. The van der Waals surface area contributed by atoms with Gasteiger partial charge in [0.2, 0.25) is 0 Å².